The lowest BCUT2D eigenvalue weighted by Gasteiger charge is -2.26. The molecule has 0 radical (unpaired) electrons. The Morgan fingerprint density at radius 3 is 3.06 bits per heavy atom. The maximum Gasteiger partial charge on any atom is 0.189 e. The lowest BCUT2D eigenvalue weighted by Crippen LogP contribution is -2.43. The Balaban J connectivity index is 1.81. The third kappa shape index (κ3) is 2.74. The Kier molecular flexibility index (Phi) is 3.44. The lowest BCUT2D eigenvalue weighted by atomic mass is 9.93. The fourth-order valence-corrected chi connectivity index (χ4v) is 1.64. The van der Waals surface area contributed by atoms with Crippen LogP contribution in [0.2, 0.25) is 0 Å². The van der Waals surface area contributed by atoms with Crippen molar-refractivity contribution in [2.24, 2.45) is 10.7 Å². The molecule has 0 aliphatic heterocycles. The van der Waals surface area contributed by atoms with Crippen molar-refractivity contribution in [2.75, 3.05) is 0 Å². The van der Waals surface area contributed by atoms with Gasteiger partial charge in [-0.15, -0.1) is 0 Å². The summed E-state index contributed by atoms with van der Waals surface area (Å²) in [5.74, 6) is 0.550. The van der Waals surface area contributed by atoms with Gasteiger partial charge in [-0.3, -0.25) is 4.68 Å². The van der Waals surface area contributed by atoms with Crippen LogP contribution in [0.25, 0.3) is 0 Å². The van der Waals surface area contributed by atoms with Crippen molar-refractivity contribution in [3.63, 3.8) is 0 Å². The third-order valence-corrected chi connectivity index (χ3v) is 2.90. The molecular formula is C11H19N5. The van der Waals surface area contributed by atoms with Crippen LogP contribution >= 0.6 is 0 Å². The van der Waals surface area contributed by atoms with Crippen molar-refractivity contribution in [2.45, 2.75) is 45.3 Å². The highest BCUT2D eigenvalue weighted by molar-refractivity contribution is 5.78. The van der Waals surface area contributed by atoms with Gasteiger partial charge in [0.05, 0.1) is 12.7 Å². The molecule has 1 heterocycles. The first-order valence-electron chi connectivity index (χ1n) is 5.85. The van der Waals surface area contributed by atoms with E-state index in [0.717, 1.165) is 12.1 Å². The highest BCUT2D eigenvalue weighted by Crippen LogP contribution is 2.17. The lowest BCUT2D eigenvalue weighted by molar-refractivity contribution is 0.382. The predicted octanol–water partition coefficient (Wildman–Crippen LogP) is 0.860. The number of nitrogens with two attached hydrogens (primary N) is 1. The number of guanidine groups is 1. The summed E-state index contributed by atoms with van der Waals surface area (Å²) in [7, 11) is 0. The molecule has 1 aliphatic rings. The fraction of sp³-hybridized carbons (Fsp3) is 0.636. The molecule has 0 saturated heterocycles. The summed E-state index contributed by atoms with van der Waals surface area (Å²) in [6.45, 7) is 3.55. The molecule has 5 heteroatoms. The molecule has 0 unspecified atom stereocenters. The van der Waals surface area contributed by atoms with Crippen LogP contribution in [0.3, 0.4) is 0 Å². The van der Waals surface area contributed by atoms with E-state index < -0.39 is 0 Å². The minimum absolute atomic E-state index is 0.544. The highest BCUT2D eigenvalue weighted by atomic mass is 15.3. The van der Waals surface area contributed by atoms with E-state index in [9.17, 15) is 0 Å². The van der Waals surface area contributed by atoms with Crippen LogP contribution in [0.4, 0.5) is 0 Å². The van der Waals surface area contributed by atoms with E-state index in [4.69, 9.17) is 5.73 Å². The van der Waals surface area contributed by atoms with Crippen LogP contribution in [0.5, 0.6) is 0 Å². The Labute approximate surface area is 95.7 Å². The minimum atomic E-state index is 0.544. The van der Waals surface area contributed by atoms with Crippen molar-refractivity contribution in [1.29, 1.82) is 0 Å². The Bertz CT molecular complexity index is 364. The van der Waals surface area contributed by atoms with Gasteiger partial charge in [0, 0.05) is 24.3 Å². The van der Waals surface area contributed by atoms with Gasteiger partial charge in [0.15, 0.2) is 5.96 Å². The van der Waals surface area contributed by atoms with Crippen LogP contribution < -0.4 is 11.1 Å². The van der Waals surface area contributed by atoms with Crippen molar-refractivity contribution in [3.8, 4) is 0 Å². The standard InChI is InChI=1S/C11H19N5/c1-2-16-8-9(7-14-16)6-13-11(12)15-10-4-3-5-10/h7-8,10H,2-6H2,1H3,(H3,12,13,15). The highest BCUT2D eigenvalue weighted by Gasteiger charge is 2.17. The van der Waals surface area contributed by atoms with E-state index in [0.29, 0.717) is 18.5 Å². The molecule has 3 N–H and O–H groups in total. The van der Waals surface area contributed by atoms with Gasteiger partial charge in [-0.2, -0.15) is 5.10 Å². The molecule has 0 bridgehead atoms. The van der Waals surface area contributed by atoms with Crippen LogP contribution in [0, 0.1) is 0 Å². The summed E-state index contributed by atoms with van der Waals surface area (Å²) in [5.41, 5.74) is 6.88. The zero-order valence-corrected chi connectivity index (χ0v) is 9.69. The summed E-state index contributed by atoms with van der Waals surface area (Å²) in [6.07, 6.45) is 7.56. The molecule has 0 amide bonds. The Morgan fingerprint density at radius 2 is 2.50 bits per heavy atom. The molecule has 2 rings (SSSR count). The normalized spacial score (nSPS) is 17.2. The topological polar surface area (TPSA) is 68.2 Å². The molecule has 1 aromatic heterocycles. The maximum absolute atomic E-state index is 5.78. The monoisotopic (exact) mass is 221 g/mol. The molecular weight excluding hydrogens is 202 g/mol. The summed E-state index contributed by atoms with van der Waals surface area (Å²) in [4.78, 5) is 4.29. The zero-order valence-electron chi connectivity index (χ0n) is 9.69. The van der Waals surface area contributed by atoms with E-state index in [1.807, 2.05) is 17.1 Å². The van der Waals surface area contributed by atoms with Gasteiger partial charge in [-0.25, -0.2) is 4.99 Å². The number of rotatable bonds is 4. The molecule has 0 atom stereocenters. The summed E-state index contributed by atoms with van der Waals surface area (Å²) in [5, 5.41) is 7.39. The summed E-state index contributed by atoms with van der Waals surface area (Å²) >= 11 is 0. The van der Waals surface area contributed by atoms with Gasteiger partial charge >= 0.3 is 0 Å². The smallest absolute Gasteiger partial charge is 0.189 e. The molecule has 88 valence electrons. The number of aliphatic imine (C=N–C) groups is 1. The first-order chi connectivity index (χ1) is 7.78. The minimum Gasteiger partial charge on any atom is -0.370 e. The predicted molar refractivity (Wildman–Crippen MR) is 64.0 cm³/mol. The number of aromatic nitrogens is 2. The molecule has 0 aromatic carbocycles. The molecule has 5 nitrogen and oxygen atoms in total. The SMILES string of the molecule is CCn1cc(CN=C(N)NC2CCC2)cn1. The van der Waals surface area contributed by atoms with Gasteiger partial charge in [0.2, 0.25) is 0 Å². The molecule has 1 aliphatic carbocycles. The second-order valence-corrected chi connectivity index (χ2v) is 4.18. The van der Waals surface area contributed by atoms with Crippen molar-refractivity contribution < 1.29 is 0 Å². The average molecular weight is 221 g/mol. The van der Waals surface area contributed by atoms with Crippen LogP contribution in [0.15, 0.2) is 17.4 Å². The van der Waals surface area contributed by atoms with Crippen LogP contribution in [-0.4, -0.2) is 21.8 Å². The second kappa shape index (κ2) is 5.01. The largest absolute Gasteiger partial charge is 0.370 e. The summed E-state index contributed by atoms with van der Waals surface area (Å²) < 4.78 is 1.89. The number of hydrogen-bond acceptors (Lipinski definition) is 2. The Morgan fingerprint density at radius 1 is 1.69 bits per heavy atom. The van der Waals surface area contributed by atoms with Gasteiger partial charge in [0.1, 0.15) is 0 Å². The second-order valence-electron chi connectivity index (χ2n) is 4.18. The molecule has 1 aromatic rings. The molecule has 1 saturated carbocycles. The number of hydrogen-bond donors (Lipinski definition) is 2. The summed E-state index contributed by atoms with van der Waals surface area (Å²) in [6, 6.07) is 0.544. The number of nitrogens with one attached hydrogen (secondary N) is 1. The molecule has 0 spiro atoms. The maximum atomic E-state index is 5.78. The average Bonchev–Trinajstić information content (AvgIpc) is 2.68. The first kappa shape index (κ1) is 11.0. The van der Waals surface area contributed by atoms with E-state index >= 15 is 0 Å². The van der Waals surface area contributed by atoms with Crippen molar-refractivity contribution in [3.05, 3.63) is 18.0 Å². The third-order valence-electron chi connectivity index (χ3n) is 2.90. The van der Waals surface area contributed by atoms with E-state index in [1.54, 1.807) is 0 Å². The number of aryl methyl sites for hydroxylation is 1. The molecule has 16 heavy (non-hydrogen) atoms. The quantitative estimate of drug-likeness (QED) is 0.585. The van der Waals surface area contributed by atoms with Crippen LogP contribution in [0.1, 0.15) is 31.7 Å². The zero-order chi connectivity index (χ0) is 11.4. The first-order valence-corrected chi connectivity index (χ1v) is 5.85. The van der Waals surface area contributed by atoms with Gasteiger partial charge in [0.25, 0.3) is 0 Å². The van der Waals surface area contributed by atoms with E-state index in [2.05, 4.69) is 22.3 Å². The van der Waals surface area contributed by atoms with Crippen molar-refractivity contribution in [1.82, 2.24) is 15.1 Å². The van der Waals surface area contributed by atoms with Gasteiger partial charge in [-0.05, 0) is 26.2 Å². The Hall–Kier alpha value is -1.52. The fourth-order valence-electron chi connectivity index (χ4n) is 1.64. The molecule has 1 fully saturated rings. The van der Waals surface area contributed by atoms with Gasteiger partial charge < -0.3 is 11.1 Å². The van der Waals surface area contributed by atoms with E-state index in [-0.39, 0.29) is 0 Å². The number of nitrogens with zero attached hydrogens (tertiary/aromatic N) is 3. The van der Waals surface area contributed by atoms with E-state index in [1.165, 1.54) is 19.3 Å². The van der Waals surface area contributed by atoms with Gasteiger partial charge in [-0.1, -0.05) is 0 Å². The van der Waals surface area contributed by atoms with Crippen LogP contribution in [-0.2, 0) is 13.1 Å². The van der Waals surface area contributed by atoms with Crippen molar-refractivity contribution >= 4 is 5.96 Å².